The molecule has 1 aromatic carbocycles. The Kier molecular flexibility index (Phi) is 4.97. The lowest BCUT2D eigenvalue weighted by molar-refractivity contribution is -0.163. The van der Waals surface area contributed by atoms with E-state index in [1.54, 1.807) is 0 Å². The standard InChI is InChI=1S/C22H19F2N9O2/c23-22(24,20(34)33-6-5-16-17(11-33)29-32-28-16)19-31-30-18(35-19)14-9-25-21(26-10-14)27-15-7-12-3-1-2-4-13(12)8-15/h1-4,9-10,15H,5-8,11H2,(H,25,26,27)(H,28,29,32). The number of carbonyl (C=O) groups is 1. The number of carbonyl (C=O) groups excluding carboxylic acids is 1. The van der Waals surface area contributed by atoms with Crippen molar-refractivity contribution in [1.29, 1.82) is 0 Å². The SMILES string of the molecule is O=C(N1CCc2n[nH]nc2C1)C(F)(F)c1nnc(-c2cnc(NC3Cc4ccccc4C3)nc2)o1. The maximum absolute atomic E-state index is 14.9. The molecule has 2 N–H and O–H groups in total. The van der Waals surface area contributed by atoms with Crippen LogP contribution in [0.15, 0.2) is 41.1 Å². The zero-order chi connectivity index (χ0) is 24.0. The molecule has 13 heteroatoms. The number of H-pyrrole nitrogens is 1. The maximum Gasteiger partial charge on any atom is 0.400 e. The zero-order valence-corrected chi connectivity index (χ0v) is 18.3. The van der Waals surface area contributed by atoms with Crippen molar-refractivity contribution in [2.75, 3.05) is 11.9 Å². The van der Waals surface area contributed by atoms with E-state index in [-0.39, 0.29) is 30.6 Å². The van der Waals surface area contributed by atoms with E-state index in [1.807, 2.05) is 12.1 Å². The van der Waals surface area contributed by atoms with Crippen LogP contribution in [0.3, 0.4) is 0 Å². The number of fused-ring (bicyclic) bond motifs is 2. The summed E-state index contributed by atoms with van der Waals surface area (Å²) in [6, 6.07) is 8.40. The van der Waals surface area contributed by atoms with E-state index in [2.05, 4.69) is 53.0 Å². The van der Waals surface area contributed by atoms with Gasteiger partial charge in [-0.25, -0.2) is 9.97 Å². The molecule has 178 valence electrons. The summed E-state index contributed by atoms with van der Waals surface area (Å²) in [4.78, 5) is 22.0. The Morgan fingerprint density at radius 1 is 1.09 bits per heavy atom. The van der Waals surface area contributed by atoms with Crippen molar-refractivity contribution < 1.29 is 18.0 Å². The summed E-state index contributed by atoms with van der Waals surface area (Å²) in [5.41, 5.74) is 3.97. The minimum Gasteiger partial charge on any atom is -0.414 e. The number of rotatable bonds is 5. The van der Waals surface area contributed by atoms with Gasteiger partial charge in [0.15, 0.2) is 0 Å². The Labute approximate surface area is 197 Å². The van der Waals surface area contributed by atoms with Crippen LogP contribution in [0.2, 0.25) is 0 Å². The Morgan fingerprint density at radius 2 is 1.80 bits per heavy atom. The predicted molar refractivity (Wildman–Crippen MR) is 116 cm³/mol. The molecule has 3 aromatic heterocycles. The summed E-state index contributed by atoms with van der Waals surface area (Å²) >= 11 is 0. The van der Waals surface area contributed by atoms with Crippen LogP contribution in [0.1, 0.15) is 28.4 Å². The van der Waals surface area contributed by atoms with Crippen LogP contribution in [0, 0.1) is 0 Å². The molecular weight excluding hydrogens is 460 g/mol. The van der Waals surface area contributed by atoms with Gasteiger partial charge in [-0.05, 0) is 24.0 Å². The average molecular weight is 479 g/mol. The third-order valence-electron chi connectivity index (χ3n) is 6.19. The first-order valence-corrected chi connectivity index (χ1v) is 11.0. The van der Waals surface area contributed by atoms with Crippen molar-refractivity contribution in [2.45, 2.75) is 37.8 Å². The van der Waals surface area contributed by atoms with Gasteiger partial charge in [0.05, 0.1) is 17.8 Å². The molecule has 11 nitrogen and oxygen atoms in total. The van der Waals surface area contributed by atoms with E-state index < -0.39 is 17.7 Å². The molecule has 0 bridgehead atoms. The number of nitrogens with one attached hydrogen (secondary N) is 2. The molecule has 0 fully saturated rings. The number of aromatic amines is 1. The zero-order valence-electron chi connectivity index (χ0n) is 18.3. The van der Waals surface area contributed by atoms with E-state index in [9.17, 15) is 13.6 Å². The van der Waals surface area contributed by atoms with Gasteiger partial charge in [0.25, 0.3) is 11.8 Å². The first-order chi connectivity index (χ1) is 17.0. The molecule has 1 aliphatic heterocycles. The van der Waals surface area contributed by atoms with Gasteiger partial charge < -0.3 is 14.6 Å². The largest absolute Gasteiger partial charge is 0.414 e. The van der Waals surface area contributed by atoms with E-state index in [1.165, 1.54) is 23.5 Å². The van der Waals surface area contributed by atoms with Crippen molar-refractivity contribution >= 4 is 11.9 Å². The first kappa shape index (κ1) is 21.3. The molecule has 0 saturated heterocycles. The molecule has 6 rings (SSSR count). The Bertz CT molecular complexity index is 1360. The Hall–Kier alpha value is -4.29. The normalized spacial score (nSPS) is 15.7. The minimum absolute atomic E-state index is 0.0738. The molecule has 4 aromatic rings. The van der Waals surface area contributed by atoms with Crippen molar-refractivity contribution in [2.24, 2.45) is 0 Å². The van der Waals surface area contributed by atoms with Crippen molar-refractivity contribution in [1.82, 2.24) is 40.5 Å². The number of amides is 1. The van der Waals surface area contributed by atoms with Gasteiger partial charge in [-0.3, -0.25) is 4.79 Å². The van der Waals surface area contributed by atoms with Crippen LogP contribution >= 0.6 is 0 Å². The second-order valence-corrected chi connectivity index (χ2v) is 8.49. The number of benzene rings is 1. The monoisotopic (exact) mass is 479 g/mol. The topological polar surface area (TPSA) is 139 Å². The van der Waals surface area contributed by atoms with E-state index in [4.69, 9.17) is 4.42 Å². The van der Waals surface area contributed by atoms with Gasteiger partial charge in [0.2, 0.25) is 5.95 Å². The highest BCUT2D eigenvalue weighted by Gasteiger charge is 2.50. The molecule has 1 amide bonds. The highest BCUT2D eigenvalue weighted by Crippen LogP contribution is 2.33. The number of anilines is 1. The average Bonchev–Trinajstić information content (AvgIpc) is 3.62. The summed E-state index contributed by atoms with van der Waals surface area (Å²) in [7, 11) is 0. The highest BCUT2D eigenvalue weighted by molar-refractivity contribution is 5.84. The summed E-state index contributed by atoms with van der Waals surface area (Å²) in [5, 5.41) is 20.6. The number of aromatic nitrogens is 7. The van der Waals surface area contributed by atoms with E-state index >= 15 is 0 Å². The molecule has 0 atom stereocenters. The summed E-state index contributed by atoms with van der Waals surface area (Å²) in [6.45, 7) is 0.0129. The van der Waals surface area contributed by atoms with Gasteiger partial charge in [-0.15, -0.1) is 10.2 Å². The fourth-order valence-corrected chi connectivity index (χ4v) is 4.39. The molecule has 0 unspecified atom stereocenters. The second kappa shape index (κ2) is 8.18. The fraction of sp³-hybridized carbons (Fsp3) is 0.318. The molecule has 0 spiro atoms. The third-order valence-corrected chi connectivity index (χ3v) is 6.19. The lowest BCUT2D eigenvalue weighted by atomic mass is 10.1. The predicted octanol–water partition coefficient (Wildman–Crippen LogP) is 1.90. The highest BCUT2D eigenvalue weighted by atomic mass is 19.3. The van der Waals surface area contributed by atoms with Crippen LogP contribution in [0.4, 0.5) is 14.7 Å². The summed E-state index contributed by atoms with van der Waals surface area (Å²) in [5.74, 6) is -6.32. The van der Waals surface area contributed by atoms with Gasteiger partial charge in [0.1, 0.15) is 5.69 Å². The number of nitrogens with zero attached hydrogens (tertiary/aromatic N) is 7. The Morgan fingerprint density at radius 3 is 2.54 bits per heavy atom. The first-order valence-electron chi connectivity index (χ1n) is 11.0. The van der Waals surface area contributed by atoms with Crippen molar-refractivity contribution in [3.05, 3.63) is 65.1 Å². The van der Waals surface area contributed by atoms with Gasteiger partial charge in [-0.1, -0.05) is 24.3 Å². The maximum atomic E-state index is 14.9. The van der Waals surface area contributed by atoms with Crippen LogP contribution < -0.4 is 5.32 Å². The van der Waals surface area contributed by atoms with Gasteiger partial charge in [-0.2, -0.15) is 24.2 Å². The van der Waals surface area contributed by atoms with Crippen molar-refractivity contribution in [3.8, 4) is 11.5 Å². The van der Waals surface area contributed by atoms with E-state index in [0.29, 0.717) is 23.8 Å². The molecule has 0 saturated carbocycles. The smallest absolute Gasteiger partial charge is 0.400 e. The van der Waals surface area contributed by atoms with Crippen molar-refractivity contribution in [3.63, 3.8) is 0 Å². The lowest BCUT2D eigenvalue weighted by Crippen LogP contribution is -2.44. The summed E-state index contributed by atoms with van der Waals surface area (Å²) in [6.07, 6.45) is 4.88. The molecule has 1 aliphatic carbocycles. The molecule has 2 aliphatic rings. The Balaban J connectivity index is 1.13. The van der Waals surface area contributed by atoms with Crippen LogP contribution in [0.25, 0.3) is 11.5 Å². The van der Waals surface area contributed by atoms with Crippen LogP contribution in [-0.4, -0.2) is 59.0 Å². The molecular formula is C22H19F2N9O2. The van der Waals surface area contributed by atoms with E-state index in [0.717, 1.165) is 17.7 Å². The number of hydrogen-bond donors (Lipinski definition) is 2. The second-order valence-electron chi connectivity index (χ2n) is 8.49. The number of alkyl halides is 2. The van der Waals surface area contributed by atoms with Gasteiger partial charge in [0, 0.05) is 31.4 Å². The molecule has 35 heavy (non-hydrogen) atoms. The van der Waals surface area contributed by atoms with Crippen LogP contribution in [0.5, 0.6) is 0 Å². The summed E-state index contributed by atoms with van der Waals surface area (Å²) < 4.78 is 35.0. The molecule has 4 heterocycles. The lowest BCUT2D eigenvalue weighted by Gasteiger charge is -2.27. The molecule has 0 radical (unpaired) electrons. The minimum atomic E-state index is -3.99. The van der Waals surface area contributed by atoms with Gasteiger partial charge >= 0.3 is 11.8 Å². The number of hydrogen-bond acceptors (Lipinski definition) is 9. The third kappa shape index (κ3) is 3.88. The fourth-order valence-electron chi connectivity index (χ4n) is 4.39. The number of halogens is 2. The quantitative estimate of drug-likeness (QED) is 0.439. The van der Waals surface area contributed by atoms with Crippen LogP contribution in [-0.2, 0) is 36.5 Å².